The fourth-order valence-electron chi connectivity index (χ4n) is 4.14. The lowest BCUT2D eigenvalue weighted by molar-refractivity contribution is 0.285. The van der Waals surface area contributed by atoms with Crippen molar-refractivity contribution in [1.29, 1.82) is 0 Å². The number of aryl methyl sites for hydroxylation is 2. The molecule has 0 spiro atoms. The number of hydrogen-bond acceptors (Lipinski definition) is 4. The summed E-state index contributed by atoms with van der Waals surface area (Å²) in [4.78, 5) is 14.7. The van der Waals surface area contributed by atoms with Gasteiger partial charge < -0.3 is 4.90 Å². The molecule has 4 rings (SSSR count). The minimum absolute atomic E-state index is 0.932. The number of nitrogens with zero attached hydrogens (tertiary/aromatic N) is 4. The van der Waals surface area contributed by atoms with Crippen LogP contribution >= 0.6 is 0 Å². The average Bonchev–Trinajstić information content (AvgIpc) is 2.87. The summed E-state index contributed by atoms with van der Waals surface area (Å²) in [6.45, 7) is 7.53. The molecular weight excluding hydrogens is 308 g/mol. The highest BCUT2D eigenvalue weighted by Gasteiger charge is 2.23. The van der Waals surface area contributed by atoms with Gasteiger partial charge in [0.25, 0.3) is 0 Å². The summed E-state index contributed by atoms with van der Waals surface area (Å²) in [6, 6.07) is 10.8. The number of fused-ring (bicyclic) bond motifs is 1. The minimum Gasteiger partial charge on any atom is -0.355 e. The summed E-state index contributed by atoms with van der Waals surface area (Å²) in [5, 5.41) is 0. The monoisotopic (exact) mass is 336 g/mol. The number of anilines is 1. The van der Waals surface area contributed by atoms with E-state index in [2.05, 4.69) is 40.1 Å². The molecule has 2 heterocycles. The SMILES string of the molecule is Cc1nc2c(c(N3CCCN(Cc4ccccc4)CC3)n1)CCCC2. The molecular formula is C21H28N4. The van der Waals surface area contributed by atoms with E-state index in [9.17, 15) is 0 Å². The molecule has 1 aliphatic carbocycles. The Kier molecular flexibility index (Phi) is 4.97. The molecule has 0 unspecified atom stereocenters. The average molecular weight is 336 g/mol. The van der Waals surface area contributed by atoms with E-state index in [-0.39, 0.29) is 0 Å². The maximum Gasteiger partial charge on any atom is 0.135 e. The molecule has 0 saturated carbocycles. The molecule has 4 nitrogen and oxygen atoms in total. The lowest BCUT2D eigenvalue weighted by Crippen LogP contribution is -2.32. The second-order valence-corrected chi connectivity index (χ2v) is 7.33. The number of benzene rings is 1. The van der Waals surface area contributed by atoms with Gasteiger partial charge in [0.05, 0.1) is 0 Å². The third-order valence-electron chi connectivity index (χ3n) is 5.41. The molecule has 1 fully saturated rings. The first-order valence-electron chi connectivity index (χ1n) is 9.67. The summed E-state index contributed by atoms with van der Waals surface area (Å²) < 4.78 is 0. The van der Waals surface area contributed by atoms with Crippen molar-refractivity contribution in [2.24, 2.45) is 0 Å². The topological polar surface area (TPSA) is 32.3 Å². The van der Waals surface area contributed by atoms with Crippen molar-refractivity contribution in [3.05, 3.63) is 53.0 Å². The maximum absolute atomic E-state index is 4.86. The van der Waals surface area contributed by atoms with Crippen LogP contribution < -0.4 is 4.90 Å². The normalized spacial score (nSPS) is 18.7. The van der Waals surface area contributed by atoms with E-state index in [1.807, 2.05) is 6.92 Å². The fourth-order valence-corrected chi connectivity index (χ4v) is 4.14. The fraction of sp³-hybridized carbons (Fsp3) is 0.524. The molecule has 0 radical (unpaired) electrons. The predicted molar refractivity (Wildman–Crippen MR) is 102 cm³/mol. The molecule has 2 aromatic rings. The second-order valence-electron chi connectivity index (χ2n) is 7.33. The molecule has 0 bridgehead atoms. The van der Waals surface area contributed by atoms with Gasteiger partial charge in [0.1, 0.15) is 11.6 Å². The Morgan fingerprint density at radius 2 is 1.72 bits per heavy atom. The largest absolute Gasteiger partial charge is 0.355 e. The van der Waals surface area contributed by atoms with Gasteiger partial charge in [-0.25, -0.2) is 9.97 Å². The Morgan fingerprint density at radius 3 is 2.60 bits per heavy atom. The zero-order chi connectivity index (χ0) is 17.1. The predicted octanol–water partition coefficient (Wildman–Crippen LogP) is 3.38. The summed E-state index contributed by atoms with van der Waals surface area (Å²) in [5.41, 5.74) is 4.14. The van der Waals surface area contributed by atoms with Gasteiger partial charge in [-0.05, 0) is 44.6 Å². The standard InChI is InChI=1S/C21H28N4/c1-17-22-20-11-6-5-10-19(20)21(23-17)25-13-7-12-24(14-15-25)16-18-8-3-2-4-9-18/h2-4,8-9H,5-7,10-16H2,1H3. The first-order valence-corrected chi connectivity index (χ1v) is 9.67. The van der Waals surface area contributed by atoms with Crippen LogP contribution in [-0.4, -0.2) is 41.0 Å². The van der Waals surface area contributed by atoms with Crippen LogP contribution in [0.3, 0.4) is 0 Å². The highest BCUT2D eigenvalue weighted by molar-refractivity contribution is 5.50. The number of aromatic nitrogens is 2. The highest BCUT2D eigenvalue weighted by Crippen LogP contribution is 2.28. The van der Waals surface area contributed by atoms with Crippen LogP contribution in [0, 0.1) is 6.92 Å². The smallest absolute Gasteiger partial charge is 0.135 e. The van der Waals surface area contributed by atoms with Crippen molar-refractivity contribution in [3.8, 4) is 0 Å². The zero-order valence-corrected chi connectivity index (χ0v) is 15.2. The van der Waals surface area contributed by atoms with Gasteiger partial charge in [-0.3, -0.25) is 4.90 Å². The zero-order valence-electron chi connectivity index (χ0n) is 15.2. The molecule has 0 amide bonds. The first kappa shape index (κ1) is 16.5. The van der Waals surface area contributed by atoms with E-state index < -0.39 is 0 Å². The molecule has 1 aromatic carbocycles. The molecule has 1 aliphatic heterocycles. The quantitative estimate of drug-likeness (QED) is 0.860. The molecule has 4 heteroatoms. The van der Waals surface area contributed by atoms with Crippen molar-refractivity contribution < 1.29 is 0 Å². The van der Waals surface area contributed by atoms with Crippen LogP contribution in [0.15, 0.2) is 30.3 Å². The molecule has 2 aliphatic rings. The van der Waals surface area contributed by atoms with Gasteiger partial charge in [-0.15, -0.1) is 0 Å². The minimum atomic E-state index is 0.932. The Hall–Kier alpha value is -1.94. The van der Waals surface area contributed by atoms with Crippen LogP contribution in [0.1, 0.15) is 41.9 Å². The van der Waals surface area contributed by atoms with Crippen LogP contribution in [0.25, 0.3) is 0 Å². The number of hydrogen-bond donors (Lipinski definition) is 0. The van der Waals surface area contributed by atoms with Gasteiger partial charge in [0.2, 0.25) is 0 Å². The van der Waals surface area contributed by atoms with Gasteiger partial charge in [0.15, 0.2) is 0 Å². The second kappa shape index (κ2) is 7.52. The van der Waals surface area contributed by atoms with Crippen LogP contribution in [-0.2, 0) is 19.4 Å². The number of rotatable bonds is 3. The Balaban J connectivity index is 1.49. The molecule has 1 saturated heterocycles. The van der Waals surface area contributed by atoms with Gasteiger partial charge >= 0.3 is 0 Å². The molecule has 0 N–H and O–H groups in total. The third-order valence-corrected chi connectivity index (χ3v) is 5.41. The Morgan fingerprint density at radius 1 is 0.880 bits per heavy atom. The van der Waals surface area contributed by atoms with E-state index in [0.29, 0.717) is 0 Å². The summed E-state index contributed by atoms with van der Waals surface area (Å²) in [5.74, 6) is 2.16. The van der Waals surface area contributed by atoms with Crippen molar-refractivity contribution in [3.63, 3.8) is 0 Å². The van der Waals surface area contributed by atoms with E-state index >= 15 is 0 Å². The summed E-state index contributed by atoms with van der Waals surface area (Å²) in [6.07, 6.45) is 6.02. The van der Waals surface area contributed by atoms with E-state index in [4.69, 9.17) is 9.97 Å². The Bertz CT molecular complexity index is 713. The Labute approximate surface area is 150 Å². The van der Waals surface area contributed by atoms with Gasteiger partial charge in [-0.1, -0.05) is 30.3 Å². The van der Waals surface area contributed by atoms with E-state index in [1.165, 1.54) is 41.9 Å². The molecule has 25 heavy (non-hydrogen) atoms. The van der Waals surface area contributed by atoms with Crippen molar-refractivity contribution in [2.75, 3.05) is 31.1 Å². The third kappa shape index (κ3) is 3.84. The first-order chi connectivity index (χ1) is 12.3. The van der Waals surface area contributed by atoms with Crippen molar-refractivity contribution in [1.82, 2.24) is 14.9 Å². The van der Waals surface area contributed by atoms with Crippen LogP contribution in [0.5, 0.6) is 0 Å². The van der Waals surface area contributed by atoms with E-state index in [0.717, 1.165) is 51.4 Å². The molecule has 1 aromatic heterocycles. The van der Waals surface area contributed by atoms with E-state index in [1.54, 1.807) is 0 Å². The molecule has 0 atom stereocenters. The summed E-state index contributed by atoms with van der Waals surface area (Å²) in [7, 11) is 0. The van der Waals surface area contributed by atoms with Gasteiger partial charge in [-0.2, -0.15) is 0 Å². The van der Waals surface area contributed by atoms with Gasteiger partial charge in [0, 0.05) is 44.0 Å². The lowest BCUT2D eigenvalue weighted by Gasteiger charge is -2.27. The lowest BCUT2D eigenvalue weighted by atomic mass is 9.96. The van der Waals surface area contributed by atoms with Crippen molar-refractivity contribution >= 4 is 5.82 Å². The van der Waals surface area contributed by atoms with Crippen molar-refractivity contribution in [2.45, 2.75) is 45.6 Å². The van der Waals surface area contributed by atoms with Crippen LogP contribution in [0.2, 0.25) is 0 Å². The highest BCUT2D eigenvalue weighted by atomic mass is 15.3. The molecule has 132 valence electrons. The van der Waals surface area contributed by atoms with Crippen LogP contribution in [0.4, 0.5) is 5.82 Å². The summed E-state index contributed by atoms with van der Waals surface area (Å²) >= 11 is 0. The maximum atomic E-state index is 4.86.